The molecule has 22 heavy (non-hydrogen) atoms. The van der Waals surface area contributed by atoms with E-state index in [0.717, 1.165) is 32.2 Å². The molecule has 0 spiro atoms. The predicted molar refractivity (Wildman–Crippen MR) is 89.7 cm³/mol. The van der Waals surface area contributed by atoms with Crippen molar-refractivity contribution in [2.24, 2.45) is 11.8 Å². The molecular formula is C18H34N2O2. The molecule has 0 saturated heterocycles. The molecule has 2 aliphatic rings. The monoisotopic (exact) mass is 310 g/mol. The predicted octanol–water partition coefficient (Wildman–Crippen LogP) is 2.51. The molecule has 2 rings (SSSR count). The van der Waals surface area contributed by atoms with E-state index < -0.39 is 0 Å². The third kappa shape index (κ3) is 5.24. The fourth-order valence-electron chi connectivity index (χ4n) is 4.09. The largest absolute Gasteiger partial charge is 0.396 e. The Morgan fingerprint density at radius 2 is 1.59 bits per heavy atom. The first-order chi connectivity index (χ1) is 10.6. The Bertz CT molecular complexity index is 334. The van der Waals surface area contributed by atoms with Crippen molar-refractivity contribution in [1.29, 1.82) is 0 Å². The fraction of sp³-hybridized carbons (Fsp3) is 0.944. The average molecular weight is 310 g/mol. The fourth-order valence-corrected chi connectivity index (χ4v) is 4.09. The molecule has 0 heterocycles. The van der Waals surface area contributed by atoms with E-state index in [1.807, 2.05) is 11.9 Å². The molecule has 4 nitrogen and oxygen atoms in total. The minimum absolute atomic E-state index is 0.261. The normalized spacial score (nSPS) is 27.1. The summed E-state index contributed by atoms with van der Waals surface area (Å²) in [7, 11) is 4.05. The van der Waals surface area contributed by atoms with Gasteiger partial charge in [0, 0.05) is 26.2 Å². The van der Waals surface area contributed by atoms with E-state index in [0.29, 0.717) is 31.0 Å². The number of hydrogen-bond donors (Lipinski definition) is 1. The lowest BCUT2D eigenvalue weighted by atomic mass is 9.86. The summed E-state index contributed by atoms with van der Waals surface area (Å²) in [6, 6.07) is 0.509. The van der Waals surface area contributed by atoms with Crippen LogP contribution in [0.15, 0.2) is 0 Å². The van der Waals surface area contributed by atoms with Gasteiger partial charge in [-0.3, -0.25) is 9.69 Å². The van der Waals surface area contributed by atoms with Gasteiger partial charge in [0.05, 0.1) is 6.54 Å². The standard InChI is InChI=1S/C18H34N2O2/c1-19(17-10-8-16(14-21)9-11-17)13-18(22)20(2)12-15-6-4-3-5-7-15/h15-17,21H,3-14H2,1-2H3. The number of nitrogens with zero attached hydrogens (tertiary/aromatic N) is 2. The number of aliphatic hydroxyl groups excluding tert-OH is 1. The van der Waals surface area contributed by atoms with Crippen LogP contribution < -0.4 is 0 Å². The zero-order valence-electron chi connectivity index (χ0n) is 14.5. The Hall–Kier alpha value is -0.610. The highest BCUT2D eigenvalue weighted by Gasteiger charge is 2.26. The molecule has 1 amide bonds. The van der Waals surface area contributed by atoms with Gasteiger partial charge >= 0.3 is 0 Å². The molecule has 128 valence electrons. The van der Waals surface area contributed by atoms with Crippen LogP contribution in [-0.2, 0) is 4.79 Å². The second kappa shape index (κ2) is 8.88. The lowest BCUT2D eigenvalue weighted by molar-refractivity contribution is -0.132. The van der Waals surface area contributed by atoms with Crippen LogP contribution in [0.4, 0.5) is 0 Å². The topological polar surface area (TPSA) is 43.8 Å². The molecule has 0 aromatic rings. The van der Waals surface area contributed by atoms with Gasteiger partial charge in [0.25, 0.3) is 0 Å². The second-order valence-corrected chi connectivity index (χ2v) is 7.55. The quantitative estimate of drug-likeness (QED) is 0.820. The Labute approximate surface area is 135 Å². The first-order valence-corrected chi connectivity index (χ1v) is 9.15. The van der Waals surface area contributed by atoms with Crippen molar-refractivity contribution in [2.75, 3.05) is 33.8 Å². The van der Waals surface area contributed by atoms with Crippen LogP contribution in [0.3, 0.4) is 0 Å². The van der Waals surface area contributed by atoms with Crippen LogP contribution >= 0.6 is 0 Å². The zero-order valence-corrected chi connectivity index (χ0v) is 14.5. The zero-order chi connectivity index (χ0) is 15.9. The Morgan fingerprint density at radius 1 is 0.955 bits per heavy atom. The molecule has 2 fully saturated rings. The molecule has 0 aromatic carbocycles. The first-order valence-electron chi connectivity index (χ1n) is 9.15. The number of carbonyl (C=O) groups is 1. The maximum Gasteiger partial charge on any atom is 0.236 e. The minimum Gasteiger partial charge on any atom is -0.396 e. The summed E-state index contributed by atoms with van der Waals surface area (Å²) in [4.78, 5) is 16.6. The number of aliphatic hydroxyl groups is 1. The molecular weight excluding hydrogens is 276 g/mol. The van der Waals surface area contributed by atoms with Crippen LogP contribution in [-0.4, -0.2) is 60.6 Å². The summed E-state index contributed by atoms with van der Waals surface area (Å²) < 4.78 is 0. The van der Waals surface area contributed by atoms with E-state index in [9.17, 15) is 9.90 Å². The SMILES string of the molecule is CN(CC1CCCCC1)C(=O)CN(C)C1CCC(CO)CC1. The number of amides is 1. The lowest BCUT2D eigenvalue weighted by Crippen LogP contribution is -2.44. The maximum absolute atomic E-state index is 12.4. The van der Waals surface area contributed by atoms with Crippen molar-refractivity contribution in [3.05, 3.63) is 0 Å². The van der Waals surface area contributed by atoms with Crippen LogP contribution in [0.25, 0.3) is 0 Å². The first kappa shape index (κ1) is 17.7. The number of carbonyl (C=O) groups excluding carboxylic acids is 1. The van der Waals surface area contributed by atoms with Crippen molar-refractivity contribution < 1.29 is 9.90 Å². The van der Waals surface area contributed by atoms with E-state index in [2.05, 4.69) is 11.9 Å². The highest BCUT2D eigenvalue weighted by Crippen LogP contribution is 2.27. The van der Waals surface area contributed by atoms with E-state index >= 15 is 0 Å². The average Bonchev–Trinajstić information content (AvgIpc) is 2.55. The highest BCUT2D eigenvalue weighted by molar-refractivity contribution is 5.78. The molecule has 4 heteroatoms. The molecule has 0 unspecified atom stereocenters. The van der Waals surface area contributed by atoms with Gasteiger partial charge in [-0.25, -0.2) is 0 Å². The minimum atomic E-state index is 0.261. The summed E-state index contributed by atoms with van der Waals surface area (Å²) in [5.74, 6) is 1.46. The van der Waals surface area contributed by atoms with Gasteiger partial charge in [-0.15, -0.1) is 0 Å². The summed E-state index contributed by atoms with van der Waals surface area (Å²) in [6.45, 7) is 1.79. The number of likely N-dealkylation sites (N-methyl/N-ethyl adjacent to an activating group) is 2. The number of hydrogen-bond acceptors (Lipinski definition) is 3. The molecule has 0 radical (unpaired) electrons. The van der Waals surface area contributed by atoms with Gasteiger partial charge < -0.3 is 10.0 Å². The van der Waals surface area contributed by atoms with Gasteiger partial charge in [-0.2, -0.15) is 0 Å². The third-order valence-corrected chi connectivity index (χ3v) is 5.77. The molecule has 1 N–H and O–H groups in total. The Balaban J connectivity index is 1.70. The maximum atomic E-state index is 12.4. The van der Waals surface area contributed by atoms with E-state index in [4.69, 9.17) is 0 Å². The summed E-state index contributed by atoms with van der Waals surface area (Å²) in [5, 5.41) is 9.22. The second-order valence-electron chi connectivity index (χ2n) is 7.55. The number of rotatable bonds is 6. The van der Waals surface area contributed by atoms with Crippen LogP contribution in [0.1, 0.15) is 57.8 Å². The van der Waals surface area contributed by atoms with Crippen LogP contribution in [0.5, 0.6) is 0 Å². The third-order valence-electron chi connectivity index (χ3n) is 5.77. The van der Waals surface area contributed by atoms with Crippen molar-refractivity contribution in [2.45, 2.75) is 63.8 Å². The van der Waals surface area contributed by atoms with E-state index in [1.165, 1.54) is 32.1 Å². The molecule has 2 saturated carbocycles. The molecule has 0 aromatic heterocycles. The van der Waals surface area contributed by atoms with Crippen LogP contribution in [0.2, 0.25) is 0 Å². The van der Waals surface area contributed by atoms with Gasteiger partial charge in [0.15, 0.2) is 0 Å². The van der Waals surface area contributed by atoms with E-state index in [-0.39, 0.29) is 5.91 Å². The highest BCUT2D eigenvalue weighted by atomic mass is 16.3. The Morgan fingerprint density at radius 3 is 2.18 bits per heavy atom. The van der Waals surface area contributed by atoms with Crippen molar-refractivity contribution >= 4 is 5.91 Å². The van der Waals surface area contributed by atoms with Gasteiger partial charge in [-0.1, -0.05) is 19.3 Å². The molecule has 0 bridgehead atoms. The van der Waals surface area contributed by atoms with Crippen LogP contribution in [0, 0.1) is 11.8 Å². The van der Waals surface area contributed by atoms with Crippen molar-refractivity contribution in [1.82, 2.24) is 9.80 Å². The van der Waals surface area contributed by atoms with Crippen molar-refractivity contribution in [3.63, 3.8) is 0 Å². The molecule has 0 aliphatic heterocycles. The van der Waals surface area contributed by atoms with Crippen molar-refractivity contribution in [3.8, 4) is 0 Å². The molecule has 0 atom stereocenters. The summed E-state index contributed by atoms with van der Waals surface area (Å²) in [6.07, 6.45) is 11.0. The molecule has 2 aliphatic carbocycles. The van der Waals surface area contributed by atoms with E-state index in [1.54, 1.807) is 0 Å². The van der Waals surface area contributed by atoms with Gasteiger partial charge in [0.1, 0.15) is 0 Å². The summed E-state index contributed by atoms with van der Waals surface area (Å²) in [5.41, 5.74) is 0. The smallest absolute Gasteiger partial charge is 0.236 e. The lowest BCUT2D eigenvalue weighted by Gasteiger charge is -2.35. The Kier molecular flexibility index (Phi) is 7.16. The van der Waals surface area contributed by atoms with Gasteiger partial charge in [-0.05, 0) is 57.4 Å². The summed E-state index contributed by atoms with van der Waals surface area (Å²) >= 11 is 0. The van der Waals surface area contributed by atoms with Gasteiger partial charge in [0.2, 0.25) is 5.91 Å².